The van der Waals surface area contributed by atoms with Gasteiger partial charge >= 0.3 is 0 Å². The van der Waals surface area contributed by atoms with Gasteiger partial charge in [-0.2, -0.15) is 15.0 Å². The molecule has 2 aliphatic carbocycles. The first kappa shape index (κ1) is 24.7. The van der Waals surface area contributed by atoms with Crippen LogP contribution in [0.15, 0.2) is 48.8 Å². The van der Waals surface area contributed by atoms with E-state index < -0.39 is 11.7 Å². The molecule has 9 nitrogen and oxygen atoms in total. The van der Waals surface area contributed by atoms with E-state index in [0.717, 1.165) is 42.1 Å². The maximum absolute atomic E-state index is 15.2. The van der Waals surface area contributed by atoms with Crippen molar-refractivity contribution in [1.29, 1.82) is 0 Å². The Morgan fingerprint density at radius 1 is 1.10 bits per heavy atom. The van der Waals surface area contributed by atoms with Crippen molar-refractivity contribution in [3.8, 4) is 11.4 Å². The van der Waals surface area contributed by atoms with E-state index in [1.165, 1.54) is 23.8 Å². The minimum absolute atomic E-state index is 0.0238. The molecule has 1 aliphatic heterocycles. The van der Waals surface area contributed by atoms with Crippen LogP contribution in [-0.4, -0.2) is 37.1 Å². The summed E-state index contributed by atoms with van der Waals surface area (Å²) in [5.41, 5.74) is 10.2. The lowest BCUT2D eigenvalue weighted by Crippen LogP contribution is -2.39. The van der Waals surface area contributed by atoms with Gasteiger partial charge in [0.15, 0.2) is 5.82 Å². The van der Waals surface area contributed by atoms with Crippen molar-refractivity contribution >= 4 is 29.2 Å². The van der Waals surface area contributed by atoms with E-state index >= 15 is 4.39 Å². The van der Waals surface area contributed by atoms with Gasteiger partial charge in [-0.25, -0.2) is 4.39 Å². The van der Waals surface area contributed by atoms with E-state index in [2.05, 4.69) is 24.8 Å². The Morgan fingerprint density at radius 2 is 1.95 bits per heavy atom. The quantitative estimate of drug-likeness (QED) is 0.294. The number of fused-ring (bicyclic) bond motifs is 1. The van der Waals surface area contributed by atoms with Crippen LogP contribution in [0.5, 0.6) is 0 Å². The summed E-state index contributed by atoms with van der Waals surface area (Å²) < 4.78 is 17.3. The number of carbonyl (C=O) groups is 1. The number of aliphatic hydroxyl groups is 1. The molecule has 10 heteroatoms. The first-order chi connectivity index (χ1) is 19.5. The lowest BCUT2D eigenvalue weighted by molar-refractivity contribution is 0.0976. The summed E-state index contributed by atoms with van der Waals surface area (Å²) in [6, 6.07) is 10.7. The molecule has 2 fully saturated rings. The highest BCUT2D eigenvalue weighted by Crippen LogP contribution is 2.42. The van der Waals surface area contributed by atoms with Gasteiger partial charge in [0.25, 0.3) is 5.91 Å². The monoisotopic (exact) mass is 539 g/mol. The highest BCUT2D eigenvalue weighted by atomic mass is 19.1. The van der Waals surface area contributed by atoms with E-state index in [9.17, 15) is 9.90 Å². The molecular formula is C30H30FN7O2. The summed E-state index contributed by atoms with van der Waals surface area (Å²) in [6.07, 6.45) is 9.22. The Labute approximate surface area is 230 Å². The van der Waals surface area contributed by atoms with Crippen molar-refractivity contribution in [3.05, 3.63) is 76.9 Å². The maximum atomic E-state index is 15.2. The van der Waals surface area contributed by atoms with Crippen LogP contribution in [0.4, 0.5) is 27.7 Å². The molecule has 3 aliphatic rings. The van der Waals surface area contributed by atoms with Crippen molar-refractivity contribution in [3.63, 3.8) is 0 Å². The molecule has 0 unspecified atom stereocenters. The largest absolute Gasteiger partial charge is 0.392 e. The zero-order valence-electron chi connectivity index (χ0n) is 22.0. The molecule has 4 aromatic rings. The van der Waals surface area contributed by atoms with Crippen LogP contribution in [0, 0.1) is 11.7 Å². The van der Waals surface area contributed by atoms with Gasteiger partial charge in [-0.15, -0.1) is 0 Å². The smallest absolute Gasteiger partial charge is 0.261 e. The van der Waals surface area contributed by atoms with Gasteiger partial charge in [-0.3, -0.25) is 4.79 Å². The van der Waals surface area contributed by atoms with E-state index in [0.29, 0.717) is 35.7 Å². The Bertz CT molecular complexity index is 1630. The number of hydrogen-bond acceptors (Lipinski definition) is 7. The normalized spacial score (nSPS) is 16.8. The number of amides is 1. The second kappa shape index (κ2) is 9.71. The summed E-state index contributed by atoms with van der Waals surface area (Å²) in [4.78, 5) is 28.3. The summed E-state index contributed by atoms with van der Waals surface area (Å²) >= 11 is 0. The molecule has 2 aromatic carbocycles. The number of nitrogens with one attached hydrogen (secondary N) is 1. The number of carbonyl (C=O) groups excluding carboxylic acids is 1. The first-order valence-electron chi connectivity index (χ1n) is 13.8. The zero-order valence-corrected chi connectivity index (χ0v) is 22.0. The molecule has 1 amide bonds. The van der Waals surface area contributed by atoms with Gasteiger partial charge in [0.05, 0.1) is 23.5 Å². The third-order valence-corrected chi connectivity index (χ3v) is 7.97. The van der Waals surface area contributed by atoms with Crippen molar-refractivity contribution in [2.24, 2.45) is 5.92 Å². The van der Waals surface area contributed by atoms with Gasteiger partial charge in [-0.1, -0.05) is 18.2 Å². The number of halogens is 1. The average Bonchev–Trinajstić information content (AvgIpc) is 3.87. The number of nitrogen functional groups attached to an aromatic ring is 1. The second-order valence-corrected chi connectivity index (χ2v) is 11.0. The molecule has 0 saturated heterocycles. The highest BCUT2D eigenvalue weighted by Gasteiger charge is 2.33. The molecule has 0 radical (unpaired) electrons. The van der Waals surface area contributed by atoms with Crippen molar-refractivity contribution in [1.82, 2.24) is 19.5 Å². The second-order valence-electron chi connectivity index (χ2n) is 11.0. The van der Waals surface area contributed by atoms with Gasteiger partial charge < -0.3 is 25.6 Å². The van der Waals surface area contributed by atoms with Gasteiger partial charge in [0, 0.05) is 36.6 Å². The molecule has 7 rings (SSSR count). The van der Waals surface area contributed by atoms with Crippen LogP contribution >= 0.6 is 0 Å². The zero-order chi connectivity index (χ0) is 27.4. The number of nitrogens with two attached hydrogens (primary N) is 1. The molecule has 4 N–H and O–H groups in total. The predicted octanol–water partition coefficient (Wildman–Crippen LogP) is 4.79. The number of rotatable bonds is 8. The molecule has 2 saturated carbocycles. The minimum atomic E-state index is -0.484. The van der Waals surface area contributed by atoms with Crippen molar-refractivity contribution in [2.45, 2.75) is 51.2 Å². The molecule has 0 spiro atoms. The fourth-order valence-electron chi connectivity index (χ4n) is 5.60. The first-order valence-corrected chi connectivity index (χ1v) is 13.8. The standard InChI is InChI=1S/C30H30FN7O2/c31-24-13-20(18-6-7-18)12-19-8-11-38(28(40)26(19)24)25-3-1-2-22(23(25)16-39)27-34-29(32)36-30(35-27)33-21-9-10-37(15-21)14-17-4-5-17/h1-3,9-10,12-13,15,17-18,39H,4-8,11,14,16H2,(H3,32,33,34,35,36). The SMILES string of the molecule is Nc1nc(Nc2ccn(CC3CC3)c2)nc(-c2cccc(N3CCc4cc(C5CC5)cc(F)c4C3=O)c2CO)n1. The third kappa shape index (κ3) is 4.68. The van der Waals surface area contributed by atoms with Crippen molar-refractivity contribution < 1.29 is 14.3 Å². The van der Waals surface area contributed by atoms with Crippen LogP contribution in [-0.2, 0) is 19.6 Å². The Hall–Kier alpha value is -4.31. The summed E-state index contributed by atoms with van der Waals surface area (Å²) in [5, 5.41) is 13.6. The number of aliphatic hydroxyl groups excluding tert-OH is 1. The Morgan fingerprint density at radius 3 is 2.73 bits per heavy atom. The lowest BCUT2D eigenvalue weighted by atomic mass is 9.93. The van der Waals surface area contributed by atoms with Gasteiger partial charge in [0.1, 0.15) is 5.82 Å². The summed E-state index contributed by atoms with van der Waals surface area (Å²) in [7, 11) is 0. The fraction of sp³-hybridized carbons (Fsp3) is 0.333. The van der Waals surface area contributed by atoms with Crippen LogP contribution in [0.2, 0.25) is 0 Å². The molecule has 2 aromatic heterocycles. The molecule has 0 atom stereocenters. The number of benzene rings is 2. The van der Waals surface area contributed by atoms with Crippen LogP contribution in [0.1, 0.15) is 58.6 Å². The van der Waals surface area contributed by atoms with Gasteiger partial charge in [0.2, 0.25) is 11.9 Å². The summed E-state index contributed by atoms with van der Waals surface area (Å²) in [6.45, 7) is 0.994. The summed E-state index contributed by atoms with van der Waals surface area (Å²) in [5.74, 6) is 0.821. The van der Waals surface area contributed by atoms with Crippen LogP contribution in [0.25, 0.3) is 11.4 Å². The van der Waals surface area contributed by atoms with Crippen molar-refractivity contribution in [2.75, 3.05) is 22.5 Å². The Balaban J connectivity index is 1.20. The van der Waals surface area contributed by atoms with Crippen LogP contribution < -0.4 is 16.0 Å². The van der Waals surface area contributed by atoms with Crippen LogP contribution in [0.3, 0.4) is 0 Å². The number of anilines is 4. The predicted molar refractivity (Wildman–Crippen MR) is 150 cm³/mol. The fourth-order valence-corrected chi connectivity index (χ4v) is 5.60. The molecule has 3 heterocycles. The lowest BCUT2D eigenvalue weighted by Gasteiger charge is -2.31. The molecular weight excluding hydrogens is 509 g/mol. The molecule has 0 bridgehead atoms. The van der Waals surface area contributed by atoms with E-state index in [4.69, 9.17) is 5.73 Å². The molecule has 204 valence electrons. The average molecular weight is 540 g/mol. The van der Waals surface area contributed by atoms with E-state index in [1.54, 1.807) is 18.2 Å². The topological polar surface area (TPSA) is 122 Å². The minimum Gasteiger partial charge on any atom is -0.392 e. The Kier molecular flexibility index (Phi) is 6.00. The number of hydrogen-bond donors (Lipinski definition) is 3. The van der Waals surface area contributed by atoms with Gasteiger partial charge in [-0.05, 0) is 73.3 Å². The van der Waals surface area contributed by atoms with E-state index in [1.807, 2.05) is 24.5 Å². The maximum Gasteiger partial charge on any atom is 0.261 e. The molecule has 40 heavy (non-hydrogen) atoms. The highest BCUT2D eigenvalue weighted by molar-refractivity contribution is 6.09. The number of aromatic nitrogens is 4. The number of nitrogens with zero attached hydrogens (tertiary/aromatic N) is 5. The van der Waals surface area contributed by atoms with E-state index in [-0.39, 0.29) is 29.9 Å². The third-order valence-electron chi connectivity index (χ3n) is 7.97.